The van der Waals surface area contributed by atoms with Crippen molar-refractivity contribution >= 4 is 9.84 Å². The molecule has 0 saturated heterocycles. The van der Waals surface area contributed by atoms with Crippen LogP contribution in [0.25, 0.3) is 0 Å². The van der Waals surface area contributed by atoms with E-state index in [4.69, 9.17) is 4.74 Å². The van der Waals surface area contributed by atoms with Crippen LogP contribution in [0.4, 0.5) is 0 Å². The zero-order chi connectivity index (χ0) is 13.8. The normalized spacial score (nSPS) is 27.4. The summed E-state index contributed by atoms with van der Waals surface area (Å²) in [4.78, 5) is 0. The van der Waals surface area contributed by atoms with Gasteiger partial charge in [-0.05, 0) is 25.2 Å². The maximum Gasteiger partial charge on any atom is 0.150 e. The van der Waals surface area contributed by atoms with Crippen LogP contribution >= 0.6 is 0 Å². The van der Waals surface area contributed by atoms with Crippen LogP contribution in [-0.2, 0) is 14.6 Å². The van der Waals surface area contributed by atoms with Crippen molar-refractivity contribution in [2.45, 2.75) is 56.9 Å². The lowest BCUT2D eigenvalue weighted by molar-refractivity contribution is 0.135. The summed E-state index contributed by atoms with van der Waals surface area (Å²) in [5, 5.41) is 3.40. The quantitative estimate of drug-likeness (QED) is 0.801. The van der Waals surface area contributed by atoms with Crippen molar-refractivity contribution in [1.29, 1.82) is 0 Å². The summed E-state index contributed by atoms with van der Waals surface area (Å²) in [6.45, 7) is 5.00. The van der Waals surface area contributed by atoms with E-state index in [1.165, 1.54) is 6.26 Å². The van der Waals surface area contributed by atoms with Crippen LogP contribution in [0.1, 0.15) is 39.5 Å². The molecule has 3 unspecified atom stereocenters. The highest BCUT2D eigenvalue weighted by Crippen LogP contribution is 2.24. The molecular weight excluding hydrogens is 250 g/mol. The number of hydrogen-bond donors (Lipinski definition) is 1. The molecule has 4 nitrogen and oxygen atoms in total. The molecule has 0 aromatic carbocycles. The SMILES string of the molecule is COCC(NC1CCCC(S(C)(=O)=O)C1)C(C)C. The highest BCUT2D eigenvalue weighted by molar-refractivity contribution is 7.91. The molecule has 0 heterocycles. The summed E-state index contributed by atoms with van der Waals surface area (Å²) in [6.07, 6.45) is 4.97. The molecule has 0 aliphatic heterocycles. The van der Waals surface area contributed by atoms with E-state index in [1.807, 2.05) is 0 Å². The average molecular weight is 277 g/mol. The van der Waals surface area contributed by atoms with Crippen LogP contribution in [-0.4, -0.2) is 45.7 Å². The first-order chi connectivity index (χ1) is 8.34. The van der Waals surface area contributed by atoms with Crippen molar-refractivity contribution < 1.29 is 13.2 Å². The second-order valence-electron chi connectivity index (χ2n) is 5.79. The monoisotopic (exact) mass is 277 g/mol. The van der Waals surface area contributed by atoms with Gasteiger partial charge in [-0.1, -0.05) is 20.3 Å². The zero-order valence-electron chi connectivity index (χ0n) is 12.0. The summed E-state index contributed by atoms with van der Waals surface area (Å²) < 4.78 is 28.5. The lowest BCUT2D eigenvalue weighted by Gasteiger charge is -2.33. The van der Waals surface area contributed by atoms with E-state index in [2.05, 4.69) is 19.2 Å². The molecule has 1 N–H and O–H groups in total. The van der Waals surface area contributed by atoms with E-state index in [9.17, 15) is 8.42 Å². The minimum absolute atomic E-state index is 0.167. The van der Waals surface area contributed by atoms with Crippen LogP contribution in [0.3, 0.4) is 0 Å². The van der Waals surface area contributed by atoms with Gasteiger partial charge < -0.3 is 10.1 Å². The maximum absolute atomic E-state index is 11.6. The molecule has 1 rings (SSSR count). The van der Waals surface area contributed by atoms with Gasteiger partial charge in [-0.3, -0.25) is 0 Å². The molecule has 0 aromatic heterocycles. The third kappa shape index (κ3) is 4.86. The molecule has 18 heavy (non-hydrogen) atoms. The summed E-state index contributed by atoms with van der Waals surface area (Å²) in [7, 11) is -1.19. The van der Waals surface area contributed by atoms with Crippen LogP contribution in [0.15, 0.2) is 0 Å². The first kappa shape index (κ1) is 15.9. The molecule has 0 bridgehead atoms. The summed E-state index contributed by atoms with van der Waals surface area (Å²) in [5.74, 6) is 0.489. The fourth-order valence-electron chi connectivity index (χ4n) is 2.60. The number of methoxy groups -OCH3 is 1. The van der Waals surface area contributed by atoms with Crippen LogP contribution in [0.5, 0.6) is 0 Å². The van der Waals surface area contributed by atoms with E-state index in [0.717, 1.165) is 25.7 Å². The molecule has 0 amide bonds. The second kappa shape index (κ2) is 6.87. The number of rotatable bonds is 6. The Morgan fingerprint density at radius 3 is 2.50 bits per heavy atom. The van der Waals surface area contributed by atoms with Crippen LogP contribution in [0, 0.1) is 5.92 Å². The number of ether oxygens (including phenoxy) is 1. The van der Waals surface area contributed by atoms with Gasteiger partial charge in [0.05, 0.1) is 11.9 Å². The molecule has 3 atom stereocenters. The van der Waals surface area contributed by atoms with E-state index in [1.54, 1.807) is 7.11 Å². The Morgan fingerprint density at radius 1 is 1.33 bits per heavy atom. The Hall–Kier alpha value is -0.130. The van der Waals surface area contributed by atoms with E-state index >= 15 is 0 Å². The predicted molar refractivity (Wildman–Crippen MR) is 74.5 cm³/mol. The highest BCUT2D eigenvalue weighted by atomic mass is 32.2. The average Bonchev–Trinajstić information content (AvgIpc) is 2.27. The number of nitrogens with one attached hydrogen (secondary N) is 1. The lowest BCUT2D eigenvalue weighted by Crippen LogP contribution is -2.47. The van der Waals surface area contributed by atoms with Gasteiger partial charge in [-0.25, -0.2) is 8.42 Å². The third-order valence-electron chi connectivity index (χ3n) is 3.83. The Labute approximate surface area is 111 Å². The molecule has 108 valence electrons. The van der Waals surface area contributed by atoms with Crippen molar-refractivity contribution in [1.82, 2.24) is 5.32 Å². The Balaban J connectivity index is 2.56. The van der Waals surface area contributed by atoms with Crippen molar-refractivity contribution in [2.24, 2.45) is 5.92 Å². The van der Waals surface area contributed by atoms with Gasteiger partial charge in [-0.15, -0.1) is 0 Å². The van der Waals surface area contributed by atoms with Gasteiger partial charge in [-0.2, -0.15) is 0 Å². The number of sulfone groups is 1. The largest absolute Gasteiger partial charge is 0.383 e. The Morgan fingerprint density at radius 2 is 2.00 bits per heavy atom. The molecule has 0 radical (unpaired) electrons. The zero-order valence-corrected chi connectivity index (χ0v) is 12.8. The first-order valence-electron chi connectivity index (χ1n) is 6.78. The molecule has 0 spiro atoms. The smallest absolute Gasteiger partial charge is 0.150 e. The summed E-state index contributed by atoms with van der Waals surface area (Å²) in [5.41, 5.74) is 0. The number of hydrogen-bond acceptors (Lipinski definition) is 4. The molecule has 1 aliphatic rings. The summed E-state index contributed by atoms with van der Waals surface area (Å²) >= 11 is 0. The van der Waals surface area contributed by atoms with Gasteiger partial charge in [0.25, 0.3) is 0 Å². The molecule has 1 aliphatic carbocycles. The van der Waals surface area contributed by atoms with Crippen LogP contribution < -0.4 is 5.32 Å². The topological polar surface area (TPSA) is 55.4 Å². The van der Waals surface area contributed by atoms with Gasteiger partial charge in [0.1, 0.15) is 9.84 Å². The van der Waals surface area contributed by atoms with Crippen molar-refractivity contribution in [2.75, 3.05) is 20.0 Å². The fraction of sp³-hybridized carbons (Fsp3) is 1.00. The third-order valence-corrected chi connectivity index (χ3v) is 5.47. The van der Waals surface area contributed by atoms with E-state index in [0.29, 0.717) is 24.6 Å². The summed E-state index contributed by atoms with van der Waals surface area (Å²) in [6, 6.07) is 0.610. The Kier molecular flexibility index (Phi) is 6.08. The standard InChI is InChI=1S/C13H27NO3S/c1-10(2)13(9-17-3)14-11-6-5-7-12(8-11)18(4,15)16/h10-14H,5-9H2,1-4H3. The van der Waals surface area contributed by atoms with Crippen molar-refractivity contribution in [3.8, 4) is 0 Å². The van der Waals surface area contributed by atoms with Crippen molar-refractivity contribution in [3.63, 3.8) is 0 Å². The fourth-order valence-corrected chi connectivity index (χ4v) is 3.78. The predicted octanol–water partition coefficient (Wildman–Crippen LogP) is 1.60. The molecular formula is C13H27NO3S. The van der Waals surface area contributed by atoms with Crippen molar-refractivity contribution in [3.05, 3.63) is 0 Å². The lowest BCUT2D eigenvalue weighted by atomic mass is 9.93. The molecule has 5 heteroatoms. The minimum atomic E-state index is -2.90. The van der Waals surface area contributed by atoms with E-state index < -0.39 is 9.84 Å². The van der Waals surface area contributed by atoms with E-state index in [-0.39, 0.29) is 5.25 Å². The van der Waals surface area contributed by atoms with Gasteiger partial charge in [0.15, 0.2) is 0 Å². The van der Waals surface area contributed by atoms with Gasteiger partial charge in [0.2, 0.25) is 0 Å². The van der Waals surface area contributed by atoms with Gasteiger partial charge >= 0.3 is 0 Å². The van der Waals surface area contributed by atoms with Gasteiger partial charge in [0, 0.05) is 25.4 Å². The van der Waals surface area contributed by atoms with Crippen LogP contribution in [0.2, 0.25) is 0 Å². The minimum Gasteiger partial charge on any atom is -0.383 e. The maximum atomic E-state index is 11.6. The molecule has 0 aromatic rings. The Bertz CT molecular complexity index is 340. The first-order valence-corrected chi connectivity index (χ1v) is 8.74. The molecule has 1 fully saturated rings. The highest BCUT2D eigenvalue weighted by Gasteiger charge is 2.30. The second-order valence-corrected chi connectivity index (χ2v) is 8.11. The molecule has 1 saturated carbocycles.